The van der Waals surface area contributed by atoms with E-state index in [4.69, 9.17) is 4.89 Å². The number of unbranched alkanes of at least 4 members (excludes halogenated alkanes) is 1. The van der Waals surface area contributed by atoms with Gasteiger partial charge < -0.3 is 4.18 Å². The summed E-state index contributed by atoms with van der Waals surface area (Å²) in [4.78, 5) is 21.3. The van der Waals surface area contributed by atoms with Crippen LogP contribution in [0, 0.1) is 6.92 Å². The van der Waals surface area contributed by atoms with E-state index < -0.39 is 33.8 Å². The van der Waals surface area contributed by atoms with Crippen LogP contribution in [0.2, 0.25) is 0 Å². The third kappa shape index (κ3) is 5.14. The van der Waals surface area contributed by atoms with Gasteiger partial charge in [0.05, 0.1) is 13.0 Å². The quantitative estimate of drug-likeness (QED) is 0.209. The molecular formula is C18H19F3O6S. The standard InChI is InChI=1S/C18H19F3O6S/c1-3-4-9-25-26-16(22)11-15-12(2)10-13-7-5-6-8-14(13)17(15)27-28(23,24)18(19,20)21/h5-8,10H,3-4,9,11H2,1-2H3. The van der Waals surface area contributed by atoms with E-state index in [1.807, 2.05) is 6.92 Å². The molecule has 0 unspecified atom stereocenters. The highest BCUT2D eigenvalue weighted by atomic mass is 32.2. The molecule has 0 atom stereocenters. The Kier molecular flexibility index (Phi) is 6.89. The summed E-state index contributed by atoms with van der Waals surface area (Å²) in [6.07, 6.45) is 0.945. The largest absolute Gasteiger partial charge is 0.534 e. The molecule has 10 heteroatoms. The van der Waals surface area contributed by atoms with Gasteiger partial charge in [0.15, 0.2) is 5.75 Å². The second kappa shape index (κ2) is 8.78. The molecule has 0 spiro atoms. The summed E-state index contributed by atoms with van der Waals surface area (Å²) in [5.41, 5.74) is -5.27. The van der Waals surface area contributed by atoms with E-state index in [1.54, 1.807) is 18.2 Å². The predicted octanol–water partition coefficient (Wildman–Crippen LogP) is 4.19. The fraction of sp³-hybridized carbons (Fsp3) is 0.389. The molecule has 0 fully saturated rings. The highest BCUT2D eigenvalue weighted by Gasteiger charge is 2.49. The van der Waals surface area contributed by atoms with Crippen molar-refractivity contribution in [1.82, 2.24) is 0 Å². The summed E-state index contributed by atoms with van der Waals surface area (Å²) in [5.74, 6) is -1.44. The SMILES string of the molecule is CCCCOOC(=O)Cc1c(C)cc2ccccc2c1OS(=O)(=O)C(F)(F)F. The van der Waals surface area contributed by atoms with Crippen LogP contribution in [0.5, 0.6) is 5.75 Å². The molecule has 0 saturated carbocycles. The highest BCUT2D eigenvalue weighted by Crippen LogP contribution is 2.37. The lowest BCUT2D eigenvalue weighted by atomic mass is 9.98. The molecule has 0 aromatic heterocycles. The van der Waals surface area contributed by atoms with Gasteiger partial charge in [-0.3, -0.25) is 4.89 Å². The number of alkyl halides is 3. The molecule has 2 rings (SSSR count). The van der Waals surface area contributed by atoms with Crippen LogP contribution < -0.4 is 4.18 Å². The van der Waals surface area contributed by atoms with Crippen LogP contribution in [0.15, 0.2) is 30.3 Å². The lowest BCUT2D eigenvalue weighted by Crippen LogP contribution is -2.28. The van der Waals surface area contributed by atoms with Crippen LogP contribution in [0.3, 0.4) is 0 Å². The molecule has 6 nitrogen and oxygen atoms in total. The molecule has 2 aromatic carbocycles. The Bertz CT molecular complexity index is 954. The van der Waals surface area contributed by atoms with Crippen molar-refractivity contribution < 1.29 is 40.3 Å². The van der Waals surface area contributed by atoms with Gasteiger partial charge in [-0.05, 0) is 24.3 Å². The maximum Gasteiger partial charge on any atom is 0.534 e. The molecule has 2 aromatic rings. The number of hydrogen-bond acceptors (Lipinski definition) is 6. The average Bonchev–Trinajstić information content (AvgIpc) is 2.60. The Morgan fingerprint density at radius 3 is 2.50 bits per heavy atom. The minimum Gasteiger partial charge on any atom is -0.375 e. The molecule has 0 bridgehead atoms. The van der Waals surface area contributed by atoms with E-state index in [2.05, 4.69) is 9.07 Å². The van der Waals surface area contributed by atoms with Gasteiger partial charge >= 0.3 is 21.6 Å². The van der Waals surface area contributed by atoms with Gasteiger partial charge in [0, 0.05) is 10.9 Å². The number of hydrogen-bond donors (Lipinski definition) is 0. The molecule has 0 N–H and O–H groups in total. The maximum atomic E-state index is 12.8. The number of carbonyl (C=O) groups is 1. The summed E-state index contributed by atoms with van der Waals surface area (Å²) < 4.78 is 66.1. The van der Waals surface area contributed by atoms with Crippen molar-refractivity contribution in [2.45, 2.75) is 38.6 Å². The summed E-state index contributed by atoms with van der Waals surface area (Å²) >= 11 is 0. The molecule has 28 heavy (non-hydrogen) atoms. The molecule has 0 aliphatic carbocycles. The number of aryl methyl sites for hydroxylation is 1. The number of fused-ring (bicyclic) bond motifs is 1. The molecule has 0 radical (unpaired) electrons. The van der Waals surface area contributed by atoms with E-state index in [0.717, 1.165) is 6.42 Å². The Morgan fingerprint density at radius 2 is 1.86 bits per heavy atom. The second-order valence-electron chi connectivity index (χ2n) is 6.01. The van der Waals surface area contributed by atoms with E-state index in [9.17, 15) is 26.4 Å². The number of halogens is 3. The Hall–Kier alpha value is -2.33. The first-order valence-electron chi connectivity index (χ1n) is 8.41. The fourth-order valence-electron chi connectivity index (χ4n) is 2.45. The van der Waals surface area contributed by atoms with E-state index >= 15 is 0 Å². The number of carbonyl (C=O) groups excluding carboxylic acids is 1. The third-order valence-electron chi connectivity index (χ3n) is 3.86. The highest BCUT2D eigenvalue weighted by molar-refractivity contribution is 7.88. The predicted molar refractivity (Wildman–Crippen MR) is 94.9 cm³/mol. The van der Waals surface area contributed by atoms with Crippen molar-refractivity contribution >= 4 is 26.9 Å². The van der Waals surface area contributed by atoms with Gasteiger partial charge in [-0.15, -0.1) is 0 Å². The molecule has 0 aliphatic heterocycles. The lowest BCUT2D eigenvalue weighted by molar-refractivity contribution is -0.272. The van der Waals surface area contributed by atoms with Gasteiger partial charge in [-0.1, -0.05) is 43.7 Å². The topological polar surface area (TPSA) is 78.9 Å². The van der Waals surface area contributed by atoms with Gasteiger partial charge in [-0.2, -0.15) is 26.5 Å². The fourth-order valence-corrected chi connectivity index (χ4v) is 2.95. The molecular weight excluding hydrogens is 401 g/mol. The van der Waals surface area contributed by atoms with Gasteiger partial charge in [0.2, 0.25) is 0 Å². The first-order valence-corrected chi connectivity index (χ1v) is 9.82. The number of rotatable bonds is 8. The molecule has 0 saturated heterocycles. The third-order valence-corrected chi connectivity index (χ3v) is 4.81. The minimum absolute atomic E-state index is 0.0318. The first kappa shape index (κ1) is 22.0. The van der Waals surface area contributed by atoms with Crippen molar-refractivity contribution in [3.05, 3.63) is 41.5 Å². The Labute approximate surface area is 160 Å². The van der Waals surface area contributed by atoms with Crippen LogP contribution in [-0.2, 0) is 31.1 Å². The zero-order valence-electron chi connectivity index (χ0n) is 15.2. The maximum absolute atomic E-state index is 12.8. The zero-order chi connectivity index (χ0) is 20.9. The van der Waals surface area contributed by atoms with Crippen LogP contribution in [0.1, 0.15) is 30.9 Å². The summed E-state index contributed by atoms with van der Waals surface area (Å²) in [6.45, 7) is 3.61. The summed E-state index contributed by atoms with van der Waals surface area (Å²) in [6, 6.07) is 7.76. The summed E-state index contributed by atoms with van der Waals surface area (Å²) in [5, 5.41) is 0.583. The van der Waals surface area contributed by atoms with Crippen LogP contribution in [0.4, 0.5) is 13.2 Å². The normalized spacial score (nSPS) is 12.2. The van der Waals surface area contributed by atoms with Crippen LogP contribution in [-0.4, -0.2) is 26.5 Å². The van der Waals surface area contributed by atoms with E-state index in [1.165, 1.54) is 19.1 Å². The monoisotopic (exact) mass is 420 g/mol. The lowest BCUT2D eigenvalue weighted by Gasteiger charge is -2.17. The Balaban J connectivity index is 2.44. The smallest absolute Gasteiger partial charge is 0.375 e. The zero-order valence-corrected chi connectivity index (χ0v) is 16.0. The second-order valence-corrected chi connectivity index (χ2v) is 7.55. The van der Waals surface area contributed by atoms with Crippen LogP contribution in [0.25, 0.3) is 10.8 Å². The Morgan fingerprint density at radius 1 is 1.18 bits per heavy atom. The average molecular weight is 420 g/mol. The van der Waals surface area contributed by atoms with Crippen molar-refractivity contribution in [3.63, 3.8) is 0 Å². The molecule has 154 valence electrons. The van der Waals surface area contributed by atoms with Gasteiger partial charge in [0.25, 0.3) is 0 Å². The van der Waals surface area contributed by atoms with Crippen molar-refractivity contribution in [3.8, 4) is 5.75 Å². The van der Waals surface area contributed by atoms with Gasteiger partial charge in [0.1, 0.15) is 0 Å². The van der Waals surface area contributed by atoms with Crippen LogP contribution >= 0.6 is 0 Å². The molecule has 0 heterocycles. The van der Waals surface area contributed by atoms with E-state index in [-0.39, 0.29) is 17.6 Å². The number of benzene rings is 2. The minimum atomic E-state index is -5.92. The van der Waals surface area contributed by atoms with Crippen molar-refractivity contribution in [2.75, 3.05) is 6.61 Å². The van der Waals surface area contributed by atoms with Gasteiger partial charge in [-0.25, -0.2) is 4.79 Å². The summed E-state index contributed by atoms with van der Waals surface area (Å²) in [7, 11) is -5.92. The molecule has 0 aliphatic rings. The van der Waals surface area contributed by atoms with E-state index in [0.29, 0.717) is 17.4 Å². The molecule has 0 amide bonds. The van der Waals surface area contributed by atoms with Crippen molar-refractivity contribution in [1.29, 1.82) is 0 Å². The first-order chi connectivity index (χ1) is 13.1. The van der Waals surface area contributed by atoms with Crippen molar-refractivity contribution in [2.24, 2.45) is 0 Å².